The van der Waals surface area contributed by atoms with Crippen LogP contribution < -0.4 is 0 Å². The molecule has 0 N–H and O–H groups in total. The molecule has 1 fully saturated rings. The van der Waals surface area contributed by atoms with Crippen molar-refractivity contribution in [1.29, 1.82) is 0 Å². The number of rotatable bonds is 10. The van der Waals surface area contributed by atoms with E-state index in [2.05, 4.69) is 34.3 Å². The highest BCUT2D eigenvalue weighted by atomic mass is 16.5. The van der Waals surface area contributed by atoms with Gasteiger partial charge >= 0.3 is 5.97 Å². The quantitative estimate of drug-likeness (QED) is 0.583. The van der Waals surface area contributed by atoms with Crippen LogP contribution in [0.4, 0.5) is 0 Å². The molecular formula is C23H33N3O2. The Kier molecular flexibility index (Phi) is 7.66. The third kappa shape index (κ3) is 5.68. The second kappa shape index (κ2) is 10.4. The minimum atomic E-state index is -0.352. The lowest BCUT2D eigenvalue weighted by Gasteiger charge is -2.41. The van der Waals surface area contributed by atoms with E-state index >= 15 is 0 Å². The maximum absolute atomic E-state index is 12.9. The lowest BCUT2D eigenvalue weighted by Crippen LogP contribution is -2.49. The van der Waals surface area contributed by atoms with E-state index in [-0.39, 0.29) is 11.4 Å². The van der Waals surface area contributed by atoms with Crippen molar-refractivity contribution in [2.24, 2.45) is 5.41 Å². The Hall–Kier alpha value is -2.14. The fourth-order valence-electron chi connectivity index (χ4n) is 4.34. The first-order valence-electron chi connectivity index (χ1n) is 10.6. The van der Waals surface area contributed by atoms with Gasteiger partial charge in [0.1, 0.15) is 0 Å². The summed E-state index contributed by atoms with van der Waals surface area (Å²) in [4.78, 5) is 15.4. The van der Waals surface area contributed by atoms with Crippen LogP contribution >= 0.6 is 0 Å². The highest BCUT2D eigenvalue weighted by molar-refractivity contribution is 5.77. The molecule has 0 aliphatic carbocycles. The number of hydrogen-bond acceptors (Lipinski definition) is 4. The highest BCUT2D eigenvalue weighted by Gasteiger charge is 2.42. The van der Waals surface area contributed by atoms with Crippen molar-refractivity contribution in [2.75, 3.05) is 26.2 Å². The lowest BCUT2D eigenvalue weighted by molar-refractivity contribution is -0.160. The van der Waals surface area contributed by atoms with Gasteiger partial charge in [-0.1, -0.05) is 30.3 Å². The van der Waals surface area contributed by atoms with Crippen LogP contribution in [0.25, 0.3) is 0 Å². The summed E-state index contributed by atoms with van der Waals surface area (Å²) in [7, 11) is 0. The smallest absolute Gasteiger partial charge is 0.313 e. The van der Waals surface area contributed by atoms with Gasteiger partial charge in [-0.3, -0.25) is 9.48 Å². The van der Waals surface area contributed by atoms with Crippen LogP contribution in [0.5, 0.6) is 0 Å². The molecule has 0 bridgehead atoms. The predicted octanol–water partition coefficient (Wildman–Crippen LogP) is 3.94. The Morgan fingerprint density at radius 1 is 1.18 bits per heavy atom. The molecule has 5 nitrogen and oxygen atoms in total. The number of nitrogens with zero attached hydrogens (tertiary/aromatic N) is 3. The van der Waals surface area contributed by atoms with Gasteiger partial charge in [0, 0.05) is 25.5 Å². The maximum atomic E-state index is 12.9. The number of aromatic nitrogens is 2. The number of aryl methyl sites for hydroxylation is 2. The average Bonchev–Trinajstić information content (AvgIpc) is 3.23. The second-order valence-corrected chi connectivity index (χ2v) is 7.84. The van der Waals surface area contributed by atoms with Gasteiger partial charge in [0.2, 0.25) is 0 Å². The van der Waals surface area contributed by atoms with Crippen molar-refractivity contribution < 1.29 is 9.53 Å². The third-order valence-corrected chi connectivity index (χ3v) is 5.75. The third-order valence-electron chi connectivity index (χ3n) is 5.75. The molecule has 28 heavy (non-hydrogen) atoms. The highest BCUT2D eigenvalue weighted by Crippen LogP contribution is 2.36. The minimum absolute atomic E-state index is 0.000150. The van der Waals surface area contributed by atoms with Gasteiger partial charge in [-0.15, -0.1) is 0 Å². The Balaban J connectivity index is 1.56. The number of esters is 1. The van der Waals surface area contributed by atoms with Gasteiger partial charge in [-0.05, 0) is 70.2 Å². The van der Waals surface area contributed by atoms with Crippen molar-refractivity contribution in [3.05, 3.63) is 54.4 Å². The molecule has 2 heterocycles. The maximum Gasteiger partial charge on any atom is 0.313 e. The summed E-state index contributed by atoms with van der Waals surface area (Å²) in [6.45, 7) is 6.17. The van der Waals surface area contributed by atoms with Crippen molar-refractivity contribution in [1.82, 2.24) is 14.7 Å². The zero-order valence-corrected chi connectivity index (χ0v) is 17.1. The second-order valence-electron chi connectivity index (χ2n) is 7.84. The topological polar surface area (TPSA) is 47.4 Å². The molecule has 1 aliphatic heterocycles. The number of hydrogen-bond donors (Lipinski definition) is 0. The van der Waals surface area contributed by atoms with E-state index in [1.165, 1.54) is 5.56 Å². The summed E-state index contributed by atoms with van der Waals surface area (Å²) in [5.74, 6) is -0.000150. The van der Waals surface area contributed by atoms with Crippen LogP contribution in [0.1, 0.15) is 44.6 Å². The molecule has 5 heteroatoms. The summed E-state index contributed by atoms with van der Waals surface area (Å²) in [6, 6.07) is 12.5. The summed E-state index contributed by atoms with van der Waals surface area (Å²) in [5, 5.41) is 4.27. The molecule has 1 aromatic carbocycles. The zero-order valence-electron chi connectivity index (χ0n) is 17.1. The Morgan fingerprint density at radius 2 is 2.04 bits per heavy atom. The largest absolute Gasteiger partial charge is 0.466 e. The molecule has 1 saturated heterocycles. The number of benzene rings is 1. The van der Waals surface area contributed by atoms with E-state index in [1.807, 2.05) is 36.1 Å². The van der Waals surface area contributed by atoms with E-state index in [0.717, 1.165) is 64.7 Å². The molecule has 1 aliphatic rings. The van der Waals surface area contributed by atoms with Crippen molar-refractivity contribution >= 4 is 5.97 Å². The fourth-order valence-corrected chi connectivity index (χ4v) is 4.34. The summed E-state index contributed by atoms with van der Waals surface area (Å²) < 4.78 is 7.49. The van der Waals surface area contributed by atoms with Crippen LogP contribution in [-0.2, 0) is 22.5 Å². The van der Waals surface area contributed by atoms with Crippen LogP contribution in [0, 0.1) is 5.41 Å². The Bertz CT molecular complexity index is 702. The molecule has 2 aromatic rings. The molecule has 3 rings (SSSR count). The van der Waals surface area contributed by atoms with Crippen LogP contribution in [0.3, 0.4) is 0 Å². The molecule has 0 radical (unpaired) electrons. The first-order valence-corrected chi connectivity index (χ1v) is 10.6. The van der Waals surface area contributed by atoms with Gasteiger partial charge < -0.3 is 9.64 Å². The fraction of sp³-hybridized carbons (Fsp3) is 0.565. The molecule has 0 spiro atoms. The monoisotopic (exact) mass is 383 g/mol. The van der Waals surface area contributed by atoms with Crippen LogP contribution in [-0.4, -0.2) is 46.9 Å². The Morgan fingerprint density at radius 3 is 2.79 bits per heavy atom. The zero-order chi connectivity index (χ0) is 19.7. The number of ether oxygens (including phenoxy) is 1. The molecule has 1 atom stereocenters. The molecule has 0 unspecified atom stereocenters. The van der Waals surface area contributed by atoms with E-state index in [9.17, 15) is 4.79 Å². The van der Waals surface area contributed by atoms with Gasteiger partial charge in [0.05, 0.1) is 12.0 Å². The van der Waals surface area contributed by atoms with Gasteiger partial charge in [-0.2, -0.15) is 5.10 Å². The minimum Gasteiger partial charge on any atom is -0.466 e. The molecule has 0 saturated carbocycles. The number of piperidine rings is 1. The average molecular weight is 384 g/mol. The molecular weight excluding hydrogens is 350 g/mol. The Labute approximate surface area is 168 Å². The number of carbonyl (C=O) groups is 1. The normalized spacial score (nSPS) is 20.2. The van der Waals surface area contributed by atoms with E-state index in [4.69, 9.17) is 4.74 Å². The predicted molar refractivity (Wildman–Crippen MR) is 111 cm³/mol. The molecule has 1 aromatic heterocycles. The van der Waals surface area contributed by atoms with Crippen LogP contribution in [0.2, 0.25) is 0 Å². The summed E-state index contributed by atoms with van der Waals surface area (Å²) >= 11 is 0. The van der Waals surface area contributed by atoms with Crippen molar-refractivity contribution in [3.63, 3.8) is 0 Å². The first kappa shape index (κ1) is 20.6. The number of likely N-dealkylation sites (tertiary alicyclic amines) is 1. The summed E-state index contributed by atoms with van der Waals surface area (Å²) in [5.41, 5.74) is 0.989. The van der Waals surface area contributed by atoms with Crippen molar-refractivity contribution in [2.45, 2.75) is 52.0 Å². The summed E-state index contributed by atoms with van der Waals surface area (Å²) in [6.07, 6.45) is 9.80. The van der Waals surface area contributed by atoms with Crippen LogP contribution in [0.15, 0.2) is 48.8 Å². The molecule has 0 amide bonds. The van der Waals surface area contributed by atoms with Gasteiger partial charge in [0.15, 0.2) is 0 Å². The number of carbonyl (C=O) groups excluding carboxylic acids is 1. The first-order chi connectivity index (χ1) is 13.7. The standard InChI is InChI=1S/C23H33N3O2/c1-2-28-22(27)23(13-6-12-21-10-4-3-5-11-21)14-7-16-25(20-23)17-9-19-26-18-8-15-24-26/h3-5,8,10-11,15,18H,2,6-7,9,12-14,16-17,19-20H2,1H3/t23-/m0/s1. The van der Waals surface area contributed by atoms with E-state index in [1.54, 1.807) is 0 Å². The lowest BCUT2D eigenvalue weighted by atomic mass is 9.75. The van der Waals surface area contributed by atoms with Gasteiger partial charge in [0.25, 0.3) is 0 Å². The van der Waals surface area contributed by atoms with Gasteiger partial charge in [-0.25, -0.2) is 0 Å². The van der Waals surface area contributed by atoms with E-state index in [0.29, 0.717) is 6.61 Å². The van der Waals surface area contributed by atoms with Crippen molar-refractivity contribution in [3.8, 4) is 0 Å². The van der Waals surface area contributed by atoms with E-state index < -0.39 is 0 Å². The SMILES string of the molecule is CCOC(=O)[C@@]1(CCCc2ccccc2)CCCN(CCCn2cccn2)C1. The molecule has 152 valence electrons.